The van der Waals surface area contributed by atoms with Crippen molar-refractivity contribution in [3.8, 4) is 5.75 Å². The zero-order valence-corrected chi connectivity index (χ0v) is 19.9. The predicted octanol–water partition coefficient (Wildman–Crippen LogP) is 1.22. The van der Waals surface area contributed by atoms with Crippen molar-refractivity contribution in [3.05, 3.63) is 30.3 Å². The van der Waals surface area contributed by atoms with Gasteiger partial charge in [-0.15, -0.1) is 0 Å². The van der Waals surface area contributed by atoms with Crippen LogP contribution >= 0.6 is 0 Å². The van der Waals surface area contributed by atoms with Gasteiger partial charge in [0.15, 0.2) is 0 Å². The van der Waals surface area contributed by atoms with E-state index in [0.717, 1.165) is 31.8 Å². The van der Waals surface area contributed by atoms with Crippen molar-refractivity contribution in [2.24, 2.45) is 5.41 Å². The summed E-state index contributed by atoms with van der Waals surface area (Å²) in [6.07, 6.45) is 2.32. The number of carbonyl (C=O) groups excluding carboxylic acids is 3. The van der Waals surface area contributed by atoms with Gasteiger partial charge in [-0.05, 0) is 38.3 Å². The van der Waals surface area contributed by atoms with E-state index in [-0.39, 0.29) is 48.8 Å². The standard InChI is InChI=1S/C25H35N3O6/c1-2-33-24(31)20-15-25(18-27-10-13-32-14-11-27)16-21(25)28(20)23(30)17-26-22(29)9-6-12-34-19-7-4-3-5-8-19/h3-5,7-8,20-21H,2,6,9-18H2,1H3,(H,26,29)/t20-,21-,25+/m0/s1. The molecule has 1 aromatic rings. The number of hydrogen-bond donors (Lipinski definition) is 1. The lowest BCUT2D eigenvalue weighted by Crippen LogP contribution is -2.48. The molecule has 3 atom stereocenters. The van der Waals surface area contributed by atoms with Crippen LogP contribution in [0.4, 0.5) is 0 Å². The Hall–Kier alpha value is -2.65. The lowest BCUT2D eigenvalue weighted by molar-refractivity contribution is -0.154. The average Bonchev–Trinajstić information content (AvgIpc) is 3.44. The fourth-order valence-electron chi connectivity index (χ4n) is 5.15. The Morgan fingerprint density at radius 1 is 1.15 bits per heavy atom. The summed E-state index contributed by atoms with van der Waals surface area (Å²) in [4.78, 5) is 42.0. The van der Waals surface area contributed by atoms with Crippen LogP contribution in [0.3, 0.4) is 0 Å². The highest BCUT2D eigenvalue weighted by atomic mass is 16.5. The van der Waals surface area contributed by atoms with E-state index in [4.69, 9.17) is 14.2 Å². The van der Waals surface area contributed by atoms with Crippen molar-refractivity contribution in [2.75, 3.05) is 52.6 Å². The first-order valence-corrected chi connectivity index (χ1v) is 12.2. The normalized spacial score (nSPS) is 26.0. The largest absolute Gasteiger partial charge is 0.494 e. The van der Waals surface area contributed by atoms with Crippen molar-refractivity contribution in [3.63, 3.8) is 0 Å². The number of likely N-dealkylation sites (tertiary alicyclic amines) is 1. The van der Waals surface area contributed by atoms with Crippen molar-refractivity contribution in [1.29, 1.82) is 0 Å². The molecule has 0 bridgehead atoms. The van der Waals surface area contributed by atoms with Crippen LogP contribution in [0.1, 0.15) is 32.6 Å². The van der Waals surface area contributed by atoms with Gasteiger partial charge in [-0.2, -0.15) is 0 Å². The van der Waals surface area contributed by atoms with Gasteiger partial charge in [0.2, 0.25) is 11.8 Å². The van der Waals surface area contributed by atoms with Crippen LogP contribution < -0.4 is 10.1 Å². The predicted molar refractivity (Wildman–Crippen MR) is 124 cm³/mol. The minimum atomic E-state index is -0.580. The third-order valence-electron chi connectivity index (χ3n) is 6.90. The molecule has 0 unspecified atom stereocenters. The third kappa shape index (κ3) is 5.88. The highest BCUT2D eigenvalue weighted by Crippen LogP contribution is 2.60. The number of amides is 2. The van der Waals surface area contributed by atoms with Crippen molar-refractivity contribution in [1.82, 2.24) is 15.1 Å². The lowest BCUT2D eigenvalue weighted by Gasteiger charge is -2.29. The lowest BCUT2D eigenvalue weighted by atomic mass is 9.98. The molecule has 1 aromatic carbocycles. The van der Waals surface area contributed by atoms with Crippen LogP contribution in [0, 0.1) is 5.41 Å². The molecule has 1 N–H and O–H groups in total. The molecule has 3 aliphatic rings. The molecule has 2 aliphatic heterocycles. The van der Waals surface area contributed by atoms with Crippen LogP contribution in [0.2, 0.25) is 0 Å². The van der Waals surface area contributed by atoms with E-state index in [2.05, 4.69) is 10.2 Å². The molecule has 34 heavy (non-hydrogen) atoms. The number of ether oxygens (including phenoxy) is 3. The summed E-state index contributed by atoms with van der Waals surface area (Å²) in [5.41, 5.74) is -0.0663. The molecule has 0 aromatic heterocycles. The fourth-order valence-corrected chi connectivity index (χ4v) is 5.15. The molecule has 9 nitrogen and oxygen atoms in total. The summed E-state index contributed by atoms with van der Waals surface area (Å²) in [5.74, 6) is -0.0125. The Balaban J connectivity index is 1.26. The minimum Gasteiger partial charge on any atom is -0.494 e. The summed E-state index contributed by atoms with van der Waals surface area (Å²) in [5, 5.41) is 2.72. The molecule has 3 fully saturated rings. The molecular weight excluding hydrogens is 438 g/mol. The van der Waals surface area contributed by atoms with E-state index >= 15 is 0 Å². The number of rotatable bonds is 11. The molecule has 1 aliphatic carbocycles. The van der Waals surface area contributed by atoms with Crippen LogP contribution in [0.25, 0.3) is 0 Å². The summed E-state index contributed by atoms with van der Waals surface area (Å²) in [6, 6.07) is 8.88. The van der Waals surface area contributed by atoms with Gasteiger partial charge in [0.1, 0.15) is 11.8 Å². The Labute approximate surface area is 200 Å². The molecule has 2 amide bonds. The Morgan fingerprint density at radius 3 is 2.65 bits per heavy atom. The highest BCUT2D eigenvalue weighted by Gasteiger charge is 2.67. The van der Waals surface area contributed by atoms with Gasteiger partial charge in [-0.1, -0.05) is 18.2 Å². The van der Waals surface area contributed by atoms with E-state index in [1.54, 1.807) is 11.8 Å². The fraction of sp³-hybridized carbons (Fsp3) is 0.640. The van der Waals surface area contributed by atoms with Crippen molar-refractivity contribution < 1.29 is 28.6 Å². The first-order valence-electron chi connectivity index (χ1n) is 12.2. The van der Waals surface area contributed by atoms with Crippen LogP contribution in [-0.4, -0.2) is 92.3 Å². The topological polar surface area (TPSA) is 97.4 Å². The molecule has 0 spiro atoms. The van der Waals surface area contributed by atoms with E-state index in [0.29, 0.717) is 32.7 Å². The number of nitrogens with one attached hydrogen (secondary N) is 1. The number of esters is 1. The van der Waals surface area contributed by atoms with Crippen LogP contribution in [0.15, 0.2) is 30.3 Å². The van der Waals surface area contributed by atoms with E-state index < -0.39 is 6.04 Å². The Morgan fingerprint density at radius 2 is 1.91 bits per heavy atom. The molecule has 0 radical (unpaired) electrons. The summed E-state index contributed by atoms with van der Waals surface area (Å²) in [7, 11) is 0. The number of para-hydroxylation sites is 1. The number of hydrogen-bond acceptors (Lipinski definition) is 7. The van der Waals surface area contributed by atoms with Crippen molar-refractivity contribution >= 4 is 17.8 Å². The van der Waals surface area contributed by atoms with Gasteiger partial charge in [0.25, 0.3) is 0 Å². The number of nitrogens with zero attached hydrogens (tertiary/aromatic N) is 2. The van der Waals surface area contributed by atoms with Gasteiger partial charge in [0.05, 0.1) is 33.0 Å². The molecule has 2 heterocycles. The number of carbonyl (C=O) groups is 3. The molecule has 186 valence electrons. The molecule has 1 saturated carbocycles. The maximum absolute atomic E-state index is 13.1. The zero-order chi connectivity index (χ0) is 24.0. The number of fused-ring (bicyclic) bond motifs is 1. The van der Waals surface area contributed by atoms with Crippen LogP contribution in [0.5, 0.6) is 5.75 Å². The SMILES string of the molecule is CCOC(=O)[C@@H]1C[C@]2(CN3CCOCC3)C[C@@H]2N1C(=O)CNC(=O)CCCOc1ccccc1. The van der Waals surface area contributed by atoms with Gasteiger partial charge < -0.3 is 24.4 Å². The minimum absolute atomic E-state index is 0.0217. The van der Waals surface area contributed by atoms with Gasteiger partial charge in [-0.3, -0.25) is 14.5 Å². The van der Waals surface area contributed by atoms with E-state index in [9.17, 15) is 14.4 Å². The Bertz CT molecular complexity index is 859. The summed E-state index contributed by atoms with van der Waals surface area (Å²) >= 11 is 0. The summed E-state index contributed by atoms with van der Waals surface area (Å²) < 4.78 is 16.3. The van der Waals surface area contributed by atoms with Crippen LogP contribution in [-0.2, 0) is 23.9 Å². The van der Waals surface area contributed by atoms with Gasteiger partial charge in [-0.25, -0.2) is 4.79 Å². The van der Waals surface area contributed by atoms with E-state index in [1.807, 2.05) is 30.3 Å². The third-order valence-corrected chi connectivity index (χ3v) is 6.90. The maximum Gasteiger partial charge on any atom is 0.328 e. The highest BCUT2D eigenvalue weighted by molar-refractivity contribution is 5.90. The molecule has 4 rings (SSSR count). The average molecular weight is 474 g/mol. The first-order chi connectivity index (χ1) is 16.5. The zero-order valence-electron chi connectivity index (χ0n) is 19.9. The molecule has 9 heteroatoms. The number of benzene rings is 1. The number of morpholine rings is 1. The number of piperidine rings is 1. The van der Waals surface area contributed by atoms with E-state index in [1.165, 1.54) is 0 Å². The van der Waals surface area contributed by atoms with Gasteiger partial charge in [0, 0.05) is 37.5 Å². The molecule has 2 saturated heterocycles. The first kappa shape index (κ1) is 24.5. The van der Waals surface area contributed by atoms with Crippen molar-refractivity contribution in [2.45, 2.75) is 44.7 Å². The second-order valence-corrected chi connectivity index (χ2v) is 9.29. The monoisotopic (exact) mass is 473 g/mol. The van der Waals surface area contributed by atoms with Gasteiger partial charge >= 0.3 is 5.97 Å². The second-order valence-electron chi connectivity index (χ2n) is 9.29. The quantitative estimate of drug-likeness (QED) is 0.381. The second kappa shape index (κ2) is 11.2. The molecular formula is C25H35N3O6. The smallest absolute Gasteiger partial charge is 0.328 e. The summed E-state index contributed by atoms with van der Waals surface area (Å²) in [6.45, 7) is 6.39. The maximum atomic E-state index is 13.1. The Kier molecular flexibility index (Phi) is 8.05.